The van der Waals surface area contributed by atoms with E-state index in [1.165, 1.54) is 11.0 Å². The van der Waals surface area contributed by atoms with Gasteiger partial charge in [-0.1, -0.05) is 6.42 Å². The molecule has 32 heavy (non-hydrogen) atoms. The summed E-state index contributed by atoms with van der Waals surface area (Å²) in [4.78, 5) is 16.7. The lowest BCUT2D eigenvalue weighted by atomic mass is 10.1. The molecule has 0 bridgehead atoms. The standard InChI is InChI=1S/C23H27N3O5S/c1-25(15-17-8-10-18(30-2)14-20(17)31-3)23(27)16-9-11-19-21(13-16)32(28,29)24-22-7-5-4-6-12-26(19)22/h8-11,13-14H,4-7,12,15H2,1-3H3. The molecule has 8 nitrogen and oxygen atoms in total. The molecule has 4 rings (SSSR count). The zero-order valence-electron chi connectivity index (χ0n) is 18.5. The predicted octanol–water partition coefficient (Wildman–Crippen LogP) is 3.46. The molecule has 0 spiro atoms. The van der Waals surface area contributed by atoms with E-state index in [0.29, 0.717) is 41.6 Å². The van der Waals surface area contributed by atoms with Gasteiger partial charge in [-0.05, 0) is 43.2 Å². The summed E-state index contributed by atoms with van der Waals surface area (Å²) in [7, 11) is 0.963. The molecule has 9 heteroatoms. The second-order valence-corrected chi connectivity index (χ2v) is 9.54. The van der Waals surface area contributed by atoms with Gasteiger partial charge in [0.15, 0.2) is 0 Å². The molecule has 0 radical (unpaired) electrons. The molecule has 2 aliphatic heterocycles. The molecule has 1 fully saturated rings. The van der Waals surface area contributed by atoms with Gasteiger partial charge in [0.1, 0.15) is 22.2 Å². The predicted molar refractivity (Wildman–Crippen MR) is 122 cm³/mol. The molecular formula is C23H27N3O5S. The smallest absolute Gasteiger partial charge is 0.286 e. The van der Waals surface area contributed by atoms with Crippen LogP contribution in [0, 0.1) is 0 Å². The van der Waals surface area contributed by atoms with Crippen LogP contribution in [0.15, 0.2) is 45.7 Å². The fourth-order valence-corrected chi connectivity index (χ4v) is 5.43. The summed E-state index contributed by atoms with van der Waals surface area (Å²) in [5, 5.41) is 0. The van der Waals surface area contributed by atoms with E-state index in [4.69, 9.17) is 9.47 Å². The van der Waals surface area contributed by atoms with E-state index >= 15 is 0 Å². The second kappa shape index (κ2) is 8.82. The Bertz CT molecular complexity index is 1180. The van der Waals surface area contributed by atoms with Gasteiger partial charge in [0, 0.05) is 43.8 Å². The number of carbonyl (C=O) groups excluding carboxylic acids is 1. The SMILES string of the molecule is COc1ccc(CN(C)C(=O)c2ccc3c(c2)S(=O)(=O)N=C2CCCCCN23)c(OC)c1. The van der Waals surface area contributed by atoms with Crippen LogP contribution in [0.25, 0.3) is 0 Å². The number of nitrogens with zero attached hydrogens (tertiary/aromatic N) is 3. The number of methoxy groups -OCH3 is 2. The molecule has 170 valence electrons. The maximum atomic E-state index is 13.1. The Kier molecular flexibility index (Phi) is 6.10. The van der Waals surface area contributed by atoms with Gasteiger partial charge in [-0.2, -0.15) is 8.42 Å². The van der Waals surface area contributed by atoms with E-state index in [2.05, 4.69) is 4.40 Å². The quantitative estimate of drug-likeness (QED) is 0.683. The first-order valence-electron chi connectivity index (χ1n) is 10.6. The van der Waals surface area contributed by atoms with Crippen molar-refractivity contribution in [1.29, 1.82) is 0 Å². The normalized spacial score (nSPS) is 16.8. The van der Waals surface area contributed by atoms with Gasteiger partial charge in [0.05, 0.1) is 19.9 Å². The number of rotatable bonds is 5. The number of anilines is 1. The first kappa shape index (κ1) is 22.1. The molecule has 2 aliphatic rings. The maximum absolute atomic E-state index is 13.1. The zero-order chi connectivity index (χ0) is 22.9. The Hall–Kier alpha value is -3.07. The highest BCUT2D eigenvalue weighted by atomic mass is 32.2. The van der Waals surface area contributed by atoms with Crippen LogP contribution >= 0.6 is 0 Å². The molecule has 1 saturated heterocycles. The van der Waals surface area contributed by atoms with Gasteiger partial charge < -0.3 is 19.3 Å². The number of hydrogen-bond donors (Lipinski definition) is 0. The second-order valence-electron chi connectivity index (χ2n) is 7.97. The van der Waals surface area contributed by atoms with Gasteiger partial charge in [-0.3, -0.25) is 4.79 Å². The van der Waals surface area contributed by atoms with Crippen LogP contribution in [-0.4, -0.2) is 52.9 Å². The van der Waals surface area contributed by atoms with Crippen LogP contribution in [-0.2, 0) is 16.6 Å². The molecule has 0 unspecified atom stereocenters. The van der Waals surface area contributed by atoms with Crippen molar-refractivity contribution in [3.05, 3.63) is 47.5 Å². The highest BCUT2D eigenvalue weighted by Crippen LogP contribution is 2.35. The molecule has 0 aliphatic carbocycles. The van der Waals surface area contributed by atoms with Gasteiger partial charge >= 0.3 is 0 Å². The van der Waals surface area contributed by atoms with Gasteiger partial charge in [0.25, 0.3) is 15.9 Å². The van der Waals surface area contributed by atoms with E-state index in [1.807, 2.05) is 11.0 Å². The van der Waals surface area contributed by atoms with Crippen molar-refractivity contribution >= 4 is 27.5 Å². The number of amidine groups is 1. The number of benzene rings is 2. The fourth-order valence-electron chi connectivity index (χ4n) is 4.14. The van der Waals surface area contributed by atoms with Crippen molar-refractivity contribution in [2.75, 3.05) is 32.7 Å². The number of hydrogen-bond acceptors (Lipinski definition) is 6. The minimum atomic E-state index is -3.85. The van der Waals surface area contributed by atoms with E-state index in [9.17, 15) is 13.2 Å². The lowest BCUT2D eigenvalue weighted by molar-refractivity contribution is 0.0784. The minimum absolute atomic E-state index is 0.0874. The van der Waals surface area contributed by atoms with Crippen molar-refractivity contribution in [3.8, 4) is 11.5 Å². The fraction of sp³-hybridized carbons (Fsp3) is 0.391. The Balaban J connectivity index is 1.61. The third-order valence-electron chi connectivity index (χ3n) is 5.84. The third-order valence-corrected chi connectivity index (χ3v) is 7.18. The van der Waals surface area contributed by atoms with Crippen molar-refractivity contribution in [2.45, 2.75) is 37.1 Å². The van der Waals surface area contributed by atoms with E-state index < -0.39 is 10.0 Å². The van der Waals surface area contributed by atoms with Crippen LogP contribution in [0.2, 0.25) is 0 Å². The summed E-state index contributed by atoms with van der Waals surface area (Å²) in [6, 6.07) is 10.3. The highest BCUT2D eigenvalue weighted by molar-refractivity contribution is 7.90. The zero-order valence-corrected chi connectivity index (χ0v) is 19.3. The summed E-state index contributed by atoms with van der Waals surface area (Å²) >= 11 is 0. The molecule has 2 heterocycles. The summed E-state index contributed by atoms with van der Waals surface area (Å²) < 4.78 is 40.4. The number of sulfonamides is 1. The van der Waals surface area contributed by atoms with Crippen LogP contribution in [0.1, 0.15) is 41.6 Å². The summed E-state index contributed by atoms with van der Waals surface area (Å²) in [6.45, 7) is 1.02. The molecule has 1 amide bonds. The van der Waals surface area contributed by atoms with Crippen molar-refractivity contribution in [3.63, 3.8) is 0 Å². The number of fused-ring (bicyclic) bond motifs is 3. The van der Waals surface area contributed by atoms with E-state index in [0.717, 1.165) is 31.4 Å². The summed E-state index contributed by atoms with van der Waals surface area (Å²) in [6.07, 6.45) is 3.59. The Labute approximate surface area is 188 Å². The molecular weight excluding hydrogens is 430 g/mol. The molecule has 0 N–H and O–H groups in total. The maximum Gasteiger partial charge on any atom is 0.286 e. The first-order valence-corrected chi connectivity index (χ1v) is 12.0. The number of carbonyl (C=O) groups is 1. The molecule has 0 atom stereocenters. The Morgan fingerprint density at radius 1 is 1.09 bits per heavy atom. The highest BCUT2D eigenvalue weighted by Gasteiger charge is 2.32. The topological polar surface area (TPSA) is 88.5 Å². The lowest BCUT2D eigenvalue weighted by Crippen LogP contribution is -2.35. The summed E-state index contributed by atoms with van der Waals surface area (Å²) in [5.74, 6) is 1.58. The van der Waals surface area contributed by atoms with E-state index in [-0.39, 0.29) is 10.8 Å². The van der Waals surface area contributed by atoms with Gasteiger partial charge in [0.2, 0.25) is 0 Å². The minimum Gasteiger partial charge on any atom is -0.497 e. The van der Waals surface area contributed by atoms with Crippen LogP contribution in [0.3, 0.4) is 0 Å². The lowest BCUT2D eigenvalue weighted by Gasteiger charge is -2.30. The first-order chi connectivity index (χ1) is 15.3. The van der Waals surface area contributed by atoms with Crippen LogP contribution in [0.5, 0.6) is 11.5 Å². The number of amides is 1. The number of ether oxygens (including phenoxy) is 2. The molecule has 0 aromatic heterocycles. The molecule has 2 aromatic carbocycles. The molecule has 0 saturated carbocycles. The average Bonchev–Trinajstić information content (AvgIpc) is 3.03. The Morgan fingerprint density at radius 2 is 1.91 bits per heavy atom. The van der Waals surface area contributed by atoms with Gasteiger partial charge in [-0.25, -0.2) is 0 Å². The summed E-state index contributed by atoms with van der Waals surface area (Å²) in [5.41, 5.74) is 1.72. The molecule has 2 aromatic rings. The monoisotopic (exact) mass is 457 g/mol. The van der Waals surface area contributed by atoms with Crippen molar-refractivity contribution in [1.82, 2.24) is 4.90 Å². The van der Waals surface area contributed by atoms with Crippen LogP contribution in [0.4, 0.5) is 5.69 Å². The Morgan fingerprint density at radius 3 is 2.66 bits per heavy atom. The van der Waals surface area contributed by atoms with Crippen LogP contribution < -0.4 is 14.4 Å². The average molecular weight is 458 g/mol. The third kappa shape index (κ3) is 4.17. The van der Waals surface area contributed by atoms with Gasteiger partial charge in [-0.15, -0.1) is 4.40 Å². The van der Waals surface area contributed by atoms with E-state index in [1.54, 1.807) is 45.5 Å². The largest absolute Gasteiger partial charge is 0.497 e. The van der Waals surface area contributed by atoms with Crippen molar-refractivity contribution in [2.24, 2.45) is 4.40 Å². The van der Waals surface area contributed by atoms with Crippen molar-refractivity contribution < 1.29 is 22.7 Å².